The molecule has 0 radical (unpaired) electrons. The summed E-state index contributed by atoms with van der Waals surface area (Å²) < 4.78 is 11.7. The second-order valence-corrected chi connectivity index (χ2v) is 7.06. The summed E-state index contributed by atoms with van der Waals surface area (Å²) >= 11 is 1.47. The maximum atomic E-state index is 13.1. The molecule has 1 amide bonds. The lowest BCUT2D eigenvalue weighted by molar-refractivity contribution is -0.118. The molecule has 0 spiro atoms. The molecule has 136 valence electrons. The molecule has 5 nitrogen and oxygen atoms in total. The first kappa shape index (κ1) is 17.3. The fourth-order valence-corrected chi connectivity index (χ4v) is 3.83. The summed E-state index contributed by atoms with van der Waals surface area (Å²) in [5.41, 5.74) is 1.81. The third-order valence-corrected chi connectivity index (χ3v) is 5.25. The molecule has 0 N–H and O–H groups in total. The Bertz CT molecular complexity index is 1040. The standard InChI is InChI=1S/C21H18N2O3S/c1-25-16-9-10-18-19(13-16)27-21(22-18)23(14-17-8-5-11-26-17)20(24)12-15-6-3-2-4-7-15/h2-11,13H,12,14H2,1H3. The molecular formula is C21H18N2O3S. The molecule has 4 aromatic rings. The number of nitrogens with zero attached hydrogens (tertiary/aromatic N) is 2. The minimum absolute atomic E-state index is 0.0244. The van der Waals surface area contributed by atoms with Crippen molar-refractivity contribution >= 4 is 32.6 Å². The fourth-order valence-electron chi connectivity index (χ4n) is 2.82. The normalized spacial score (nSPS) is 10.9. The first-order chi connectivity index (χ1) is 13.2. The van der Waals surface area contributed by atoms with Crippen LogP contribution in [0.15, 0.2) is 71.3 Å². The smallest absolute Gasteiger partial charge is 0.233 e. The van der Waals surface area contributed by atoms with E-state index < -0.39 is 0 Å². The van der Waals surface area contributed by atoms with E-state index in [1.807, 2.05) is 60.7 Å². The first-order valence-electron chi connectivity index (χ1n) is 8.54. The number of carbonyl (C=O) groups is 1. The number of benzene rings is 2. The van der Waals surface area contributed by atoms with Gasteiger partial charge in [-0.25, -0.2) is 4.98 Å². The van der Waals surface area contributed by atoms with Crippen LogP contribution in [-0.4, -0.2) is 18.0 Å². The van der Waals surface area contributed by atoms with Crippen molar-refractivity contribution in [3.63, 3.8) is 0 Å². The molecular weight excluding hydrogens is 360 g/mol. The van der Waals surface area contributed by atoms with Crippen LogP contribution in [0.2, 0.25) is 0 Å². The summed E-state index contributed by atoms with van der Waals surface area (Å²) in [6.07, 6.45) is 1.92. The minimum Gasteiger partial charge on any atom is -0.497 e. The van der Waals surface area contributed by atoms with Crippen molar-refractivity contribution in [2.75, 3.05) is 12.0 Å². The zero-order valence-corrected chi connectivity index (χ0v) is 15.6. The van der Waals surface area contributed by atoms with Crippen molar-refractivity contribution in [1.82, 2.24) is 4.98 Å². The second-order valence-electron chi connectivity index (χ2n) is 6.05. The zero-order valence-electron chi connectivity index (χ0n) is 14.8. The summed E-state index contributed by atoms with van der Waals surface area (Å²) in [5.74, 6) is 1.46. The van der Waals surface area contributed by atoms with Crippen molar-refractivity contribution in [1.29, 1.82) is 0 Å². The van der Waals surface area contributed by atoms with Crippen LogP contribution >= 0.6 is 11.3 Å². The number of rotatable bonds is 6. The Hall–Kier alpha value is -3.12. The molecule has 0 aliphatic rings. The van der Waals surface area contributed by atoms with E-state index in [0.717, 1.165) is 21.5 Å². The number of anilines is 1. The number of thiazole rings is 1. The van der Waals surface area contributed by atoms with Gasteiger partial charge in [0, 0.05) is 0 Å². The first-order valence-corrected chi connectivity index (χ1v) is 9.36. The van der Waals surface area contributed by atoms with E-state index in [1.54, 1.807) is 18.3 Å². The predicted molar refractivity (Wildman–Crippen MR) is 106 cm³/mol. The summed E-state index contributed by atoms with van der Waals surface area (Å²) in [6.45, 7) is 0.343. The lowest BCUT2D eigenvalue weighted by Gasteiger charge is -2.18. The molecule has 27 heavy (non-hydrogen) atoms. The van der Waals surface area contributed by atoms with Gasteiger partial charge in [0.15, 0.2) is 5.13 Å². The molecule has 0 aliphatic carbocycles. The Kier molecular flexibility index (Phi) is 4.89. The number of ether oxygens (including phenoxy) is 1. The minimum atomic E-state index is -0.0244. The molecule has 0 atom stereocenters. The van der Waals surface area contributed by atoms with E-state index in [0.29, 0.717) is 23.9 Å². The molecule has 0 bridgehead atoms. The van der Waals surface area contributed by atoms with Crippen molar-refractivity contribution in [3.05, 3.63) is 78.3 Å². The van der Waals surface area contributed by atoms with Gasteiger partial charge in [0.2, 0.25) is 5.91 Å². The van der Waals surface area contributed by atoms with Crippen LogP contribution in [0.25, 0.3) is 10.2 Å². The van der Waals surface area contributed by atoms with Gasteiger partial charge in [-0.1, -0.05) is 41.7 Å². The van der Waals surface area contributed by atoms with Crippen molar-refractivity contribution in [3.8, 4) is 5.75 Å². The maximum absolute atomic E-state index is 13.1. The number of hydrogen-bond donors (Lipinski definition) is 0. The van der Waals surface area contributed by atoms with Gasteiger partial charge >= 0.3 is 0 Å². The quantitative estimate of drug-likeness (QED) is 0.489. The number of hydrogen-bond acceptors (Lipinski definition) is 5. The molecule has 4 rings (SSSR count). The number of fused-ring (bicyclic) bond motifs is 1. The SMILES string of the molecule is COc1ccc2nc(N(Cc3ccco3)C(=O)Cc3ccccc3)sc2c1. The largest absolute Gasteiger partial charge is 0.497 e. The van der Waals surface area contributed by atoms with Gasteiger partial charge in [0.05, 0.1) is 36.6 Å². The van der Waals surface area contributed by atoms with E-state index >= 15 is 0 Å². The van der Waals surface area contributed by atoms with Crippen LogP contribution in [0.3, 0.4) is 0 Å². The molecule has 6 heteroatoms. The van der Waals surface area contributed by atoms with Gasteiger partial charge in [-0.3, -0.25) is 9.69 Å². The van der Waals surface area contributed by atoms with Crippen molar-refractivity contribution < 1.29 is 13.9 Å². The van der Waals surface area contributed by atoms with Crippen molar-refractivity contribution in [2.24, 2.45) is 0 Å². The van der Waals surface area contributed by atoms with E-state index in [-0.39, 0.29) is 5.91 Å². The lowest BCUT2D eigenvalue weighted by Crippen LogP contribution is -2.31. The molecule has 0 saturated carbocycles. The average Bonchev–Trinajstić information content (AvgIpc) is 3.35. The fraction of sp³-hybridized carbons (Fsp3) is 0.143. The lowest BCUT2D eigenvalue weighted by atomic mass is 10.1. The molecule has 2 aromatic heterocycles. The summed E-state index contributed by atoms with van der Waals surface area (Å²) in [5, 5.41) is 0.649. The van der Waals surface area contributed by atoms with E-state index in [2.05, 4.69) is 4.98 Å². The highest BCUT2D eigenvalue weighted by Gasteiger charge is 2.21. The average molecular weight is 378 g/mol. The highest BCUT2D eigenvalue weighted by molar-refractivity contribution is 7.22. The van der Waals surface area contributed by atoms with Crippen LogP contribution in [0.5, 0.6) is 5.75 Å². The van der Waals surface area contributed by atoms with Gasteiger partial charge in [-0.15, -0.1) is 0 Å². The van der Waals surface area contributed by atoms with E-state index in [4.69, 9.17) is 9.15 Å². The Morgan fingerprint density at radius 1 is 1.15 bits per heavy atom. The monoisotopic (exact) mass is 378 g/mol. The zero-order chi connectivity index (χ0) is 18.6. The number of methoxy groups -OCH3 is 1. The Morgan fingerprint density at radius 2 is 2.00 bits per heavy atom. The highest BCUT2D eigenvalue weighted by atomic mass is 32.1. The Labute approximate surface area is 160 Å². The summed E-state index contributed by atoms with van der Waals surface area (Å²) in [7, 11) is 1.63. The molecule has 0 unspecified atom stereocenters. The van der Waals surface area contributed by atoms with Crippen LogP contribution in [0.4, 0.5) is 5.13 Å². The van der Waals surface area contributed by atoms with Gasteiger partial charge < -0.3 is 9.15 Å². The van der Waals surface area contributed by atoms with Crippen LogP contribution in [-0.2, 0) is 17.8 Å². The number of aromatic nitrogens is 1. The molecule has 0 aliphatic heterocycles. The van der Waals surface area contributed by atoms with Crippen molar-refractivity contribution in [2.45, 2.75) is 13.0 Å². The molecule has 2 heterocycles. The predicted octanol–water partition coefficient (Wildman–Crippen LogP) is 4.67. The highest BCUT2D eigenvalue weighted by Crippen LogP contribution is 2.32. The van der Waals surface area contributed by atoms with E-state index in [9.17, 15) is 4.79 Å². The number of furan rings is 1. The second kappa shape index (κ2) is 7.63. The Balaban J connectivity index is 1.67. The molecule has 0 saturated heterocycles. The van der Waals surface area contributed by atoms with Gasteiger partial charge in [-0.2, -0.15) is 0 Å². The molecule has 0 fully saturated rings. The van der Waals surface area contributed by atoms with Crippen LogP contribution in [0, 0.1) is 0 Å². The van der Waals surface area contributed by atoms with E-state index in [1.165, 1.54) is 11.3 Å². The van der Waals surface area contributed by atoms with Gasteiger partial charge in [0.1, 0.15) is 11.5 Å². The topological polar surface area (TPSA) is 55.6 Å². The Morgan fingerprint density at radius 3 is 2.74 bits per heavy atom. The van der Waals surface area contributed by atoms with Crippen LogP contribution < -0.4 is 9.64 Å². The molecule has 2 aromatic carbocycles. The number of amides is 1. The third kappa shape index (κ3) is 3.85. The summed E-state index contributed by atoms with van der Waals surface area (Å²) in [4.78, 5) is 19.4. The van der Waals surface area contributed by atoms with Gasteiger partial charge in [0.25, 0.3) is 0 Å². The van der Waals surface area contributed by atoms with Crippen LogP contribution in [0.1, 0.15) is 11.3 Å². The number of carbonyl (C=O) groups excluding carboxylic acids is 1. The van der Waals surface area contributed by atoms with Gasteiger partial charge in [-0.05, 0) is 35.9 Å². The maximum Gasteiger partial charge on any atom is 0.233 e. The third-order valence-electron chi connectivity index (χ3n) is 4.21. The summed E-state index contributed by atoms with van der Waals surface area (Å²) in [6, 6.07) is 19.1.